The van der Waals surface area contributed by atoms with Gasteiger partial charge in [0.05, 0.1) is 44.3 Å². The van der Waals surface area contributed by atoms with Gasteiger partial charge in [-0.3, -0.25) is 4.79 Å². The largest absolute Gasteiger partial charge is 0.382 e. The molecule has 2 aliphatic rings. The van der Waals surface area contributed by atoms with Crippen molar-refractivity contribution in [3.63, 3.8) is 0 Å². The molecule has 0 aromatic heterocycles. The zero-order chi connectivity index (χ0) is 20.1. The number of carbonyl (C=O) groups excluding carboxylic acids is 1. The van der Waals surface area contributed by atoms with Crippen molar-refractivity contribution in [2.45, 2.75) is 17.9 Å². The number of carbonyl (C=O) groups is 1. The summed E-state index contributed by atoms with van der Waals surface area (Å²) in [6, 6.07) is 6.11. The van der Waals surface area contributed by atoms with Crippen LogP contribution >= 0.6 is 0 Å². The molecule has 9 heteroatoms. The average molecular weight is 414 g/mol. The summed E-state index contributed by atoms with van der Waals surface area (Å²) in [7, 11) is -3.55. The molecule has 28 heavy (non-hydrogen) atoms. The fraction of sp³-hybridized carbons (Fsp3) is 0.632. The standard InChI is InChI=1S/C19H29N3O5S/c1-16(23)17-2-4-19(5-3-17)28(25,26)22-8-6-20(7-9-22)14-18(24)15-21-10-12-27-13-11-21/h2-5,18,24H,6-15H2,1H3/p+2/t18-/m0/s1. The van der Waals surface area contributed by atoms with Crippen LogP contribution in [0.25, 0.3) is 0 Å². The fourth-order valence-corrected chi connectivity index (χ4v) is 5.30. The molecular formula is C19H31N3O5S+2. The molecule has 0 aliphatic carbocycles. The van der Waals surface area contributed by atoms with E-state index in [9.17, 15) is 18.3 Å². The molecule has 2 fully saturated rings. The summed E-state index contributed by atoms with van der Waals surface area (Å²) in [6.45, 7) is 8.41. The Morgan fingerprint density at radius 3 is 2.14 bits per heavy atom. The van der Waals surface area contributed by atoms with Gasteiger partial charge in [-0.05, 0) is 19.1 Å². The average Bonchev–Trinajstić information content (AvgIpc) is 2.69. The van der Waals surface area contributed by atoms with Crippen LogP contribution in [0.3, 0.4) is 0 Å². The third kappa shape index (κ3) is 5.37. The number of nitrogens with one attached hydrogen (secondary N) is 2. The molecule has 0 saturated carbocycles. The van der Waals surface area contributed by atoms with Gasteiger partial charge in [-0.25, -0.2) is 8.42 Å². The van der Waals surface area contributed by atoms with Crippen molar-refractivity contribution in [2.75, 3.05) is 65.6 Å². The maximum Gasteiger partial charge on any atom is 0.243 e. The first-order valence-corrected chi connectivity index (χ1v) is 11.3. The Kier molecular flexibility index (Phi) is 7.19. The van der Waals surface area contributed by atoms with Gasteiger partial charge in [-0.1, -0.05) is 12.1 Å². The molecule has 2 aliphatic heterocycles. The number of nitrogens with zero attached hydrogens (tertiary/aromatic N) is 1. The van der Waals surface area contributed by atoms with E-state index in [1.165, 1.54) is 33.2 Å². The van der Waals surface area contributed by atoms with Crippen molar-refractivity contribution in [1.29, 1.82) is 0 Å². The highest BCUT2D eigenvalue weighted by Gasteiger charge is 2.32. The topological polar surface area (TPSA) is 92.8 Å². The zero-order valence-electron chi connectivity index (χ0n) is 16.4. The molecule has 0 spiro atoms. The second kappa shape index (κ2) is 9.43. The number of Topliss-reactive ketones (excluding diaryl/α,β-unsaturated/α-hetero) is 1. The van der Waals surface area contributed by atoms with Gasteiger partial charge in [0, 0.05) is 5.56 Å². The van der Waals surface area contributed by atoms with Crippen LogP contribution in [0.2, 0.25) is 0 Å². The van der Waals surface area contributed by atoms with Gasteiger partial charge in [0.15, 0.2) is 11.9 Å². The van der Waals surface area contributed by atoms with Crippen molar-refractivity contribution in [3.05, 3.63) is 29.8 Å². The van der Waals surface area contributed by atoms with Crippen molar-refractivity contribution in [1.82, 2.24) is 4.31 Å². The smallest absolute Gasteiger partial charge is 0.243 e. The van der Waals surface area contributed by atoms with Crippen molar-refractivity contribution >= 4 is 15.8 Å². The van der Waals surface area contributed by atoms with Crippen molar-refractivity contribution < 1.29 is 32.9 Å². The predicted octanol–water partition coefficient (Wildman–Crippen LogP) is -2.95. The van der Waals surface area contributed by atoms with Crippen LogP contribution in [0, 0.1) is 0 Å². The maximum atomic E-state index is 12.8. The normalized spacial score (nSPS) is 21.5. The fourth-order valence-electron chi connectivity index (χ4n) is 3.86. The molecule has 2 saturated heterocycles. The molecule has 8 nitrogen and oxygen atoms in total. The Morgan fingerprint density at radius 2 is 1.61 bits per heavy atom. The molecule has 0 amide bonds. The summed E-state index contributed by atoms with van der Waals surface area (Å²) in [6.07, 6.45) is -0.384. The van der Waals surface area contributed by atoms with Gasteiger partial charge < -0.3 is 19.6 Å². The summed E-state index contributed by atoms with van der Waals surface area (Å²) in [5.74, 6) is -0.0846. The quantitative estimate of drug-likeness (QED) is 0.416. The monoisotopic (exact) mass is 413 g/mol. The minimum absolute atomic E-state index is 0.0846. The molecule has 3 N–H and O–H groups in total. The second-order valence-electron chi connectivity index (χ2n) is 7.66. The summed E-state index contributed by atoms with van der Waals surface area (Å²) in [4.78, 5) is 14.2. The van der Waals surface area contributed by atoms with Gasteiger partial charge in [0.1, 0.15) is 26.2 Å². The predicted molar refractivity (Wildman–Crippen MR) is 103 cm³/mol. The highest BCUT2D eigenvalue weighted by molar-refractivity contribution is 7.89. The van der Waals surface area contributed by atoms with E-state index in [-0.39, 0.29) is 16.8 Å². The van der Waals surface area contributed by atoms with E-state index in [0.29, 0.717) is 38.3 Å². The lowest BCUT2D eigenvalue weighted by Gasteiger charge is -2.33. The highest BCUT2D eigenvalue weighted by atomic mass is 32.2. The Hall–Kier alpha value is -1.36. The number of sulfonamides is 1. The molecule has 3 rings (SSSR count). The van der Waals surface area contributed by atoms with E-state index in [1.54, 1.807) is 12.1 Å². The van der Waals surface area contributed by atoms with Crippen LogP contribution in [-0.4, -0.2) is 95.3 Å². The van der Waals surface area contributed by atoms with Crippen LogP contribution in [0.4, 0.5) is 0 Å². The summed E-state index contributed by atoms with van der Waals surface area (Å²) >= 11 is 0. The van der Waals surface area contributed by atoms with E-state index < -0.39 is 10.0 Å². The van der Waals surface area contributed by atoms with Crippen LogP contribution in [0.15, 0.2) is 29.2 Å². The number of rotatable bonds is 7. The van der Waals surface area contributed by atoms with Gasteiger partial charge in [-0.2, -0.15) is 4.31 Å². The minimum atomic E-state index is -3.55. The molecule has 1 atom stereocenters. The number of ketones is 1. The number of piperazine rings is 1. The first-order chi connectivity index (χ1) is 13.4. The minimum Gasteiger partial charge on any atom is -0.382 e. The molecule has 1 aromatic carbocycles. The first kappa shape index (κ1) is 21.4. The molecule has 0 bridgehead atoms. The van der Waals surface area contributed by atoms with E-state index in [4.69, 9.17) is 4.74 Å². The third-order valence-corrected chi connectivity index (χ3v) is 7.49. The summed E-state index contributed by atoms with van der Waals surface area (Å²) in [5, 5.41) is 10.4. The Labute approximate surface area is 166 Å². The third-order valence-electron chi connectivity index (χ3n) is 5.58. The van der Waals surface area contributed by atoms with Gasteiger partial charge in [0.25, 0.3) is 0 Å². The van der Waals surface area contributed by atoms with E-state index in [2.05, 4.69) is 0 Å². The van der Waals surface area contributed by atoms with E-state index in [0.717, 1.165) is 32.8 Å². The lowest BCUT2D eigenvalue weighted by Crippen LogP contribution is -3.19. The number of hydrogen-bond acceptors (Lipinski definition) is 5. The number of quaternary nitrogens is 2. The number of morpholine rings is 1. The first-order valence-electron chi connectivity index (χ1n) is 9.90. The lowest BCUT2D eigenvalue weighted by atomic mass is 10.2. The molecule has 1 aromatic rings. The Bertz CT molecular complexity index is 754. The molecule has 0 radical (unpaired) electrons. The maximum absolute atomic E-state index is 12.8. The van der Waals surface area contributed by atoms with Crippen molar-refractivity contribution in [3.8, 4) is 0 Å². The van der Waals surface area contributed by atoms with Gasteiger partial charge >= 0.3 is 0 Å². The van der Waals surface area contributed by atoms with Crippen LogP contribution in [0.1, 0.15) is 17.3 Å². The van der Waals surface area contributed by atoms with Crippen LogP contribution in [-0.2, 0) is 14.8 Å². The number of hydrogen-bond donors (Lipinski definition) is 3. The number of ether oxygens (including phenoxy) is 1. The zero-order valence-corrected chi connectivity index (χ0v) is 17.2. The van der Waals surface area contributed by atoms with E-state index >= 15 is 0 Å². The van der Waals surface area contributed by atoms with Gasteiger partial charge in [-0.15, -0.1) is 0 Å². The summed E-state index contributed by atoms with van der Waals surface area (Å²) in [5.41, 5.74) is 0.504. The highest BCUT2D eigenvalue weighted by Crippen LogP contribution is 2.16. The SMILES string of the molecule is CC(=O)c1ccc(S(=O)(=O)N2CC[NH+](C[C@H](O)C[NH+]3CCOCC3)CC2)cc1. The van der Waals surface area contributed by atoms with E-state index in [1.807, 2.05) is 0 Å². The lowest BCUT2D eigenvalue weighted by molar-refractivity contribution is -0.930. The number of benzene rings is 1. The molecule has 0 unspecified atom stereocenters. The van der Waals surface area contributed by atoms with Crippen LogP contribution < -0.4 is 9.80 Å². The molecular weight excluding hydrogens is 382 g/mol. The number of aliphatic hydroxyl groups is 1. The van der Waals surface area contributed by atoms with Crippen LogP contribution in [0.5, 0.6) is 0 Å². The van der Waals surface area contributed by atoms with Gasteiger partial charge in [0.2, 0.25) is 10.0 Å². The Balaban J connectivity index is 1.50. The van der Waals surface area contributed by atoms with Crippen molar-refractivity contribution in [2.24, 2.45) is 0 Å². The Morgan fingerprint density at radius 1 is 1.07 bits per heavy atom. The molecule has 2 heterocycles. The number of aliphatic hydroxyl groups excluding tert-OH is 1. The summed E-state index contributed by atoms with van der Waals surface area (Å²) < 4.78 is 32.5. The second-order valence-corrected chi connectivity index (χ2v) is 9.60. The molecule has 156 valence electrons.